The monoisotopic (exact) mass is 293 g/mol. The Morgan fingerprint density at radius 2 is 1.90 bits per heavy atom. The molecule has 2 amide bonds. The van der Waals surface area contributed by atoms with Gasteiger partial charge in [0, 0.05) is 24.7 Å². The number of pyridine rings is 1. The quantitative estimate of drug-likeness (QED) is 0.749. The summed E-state index contributed by atoms with van der Waals surface area (Å²) in [5.74, 6) is -0.584. The van der Waals surface area contributed by atoms with Gasteiger partial charge >= 0.3 is 0 Å². The Bertz CT molecular complexity index is 590. The molecule has 1 aromatic heterocycles. The normalized spacial score (nSPS) is 12.1. The summed E-state index contributed by atoms with van der Waals surface area (Å²) >= 11 is 0. The van der Waals surface area contributed by atoms with Gasteiger partial charge in [-0.25, -0.2) is 0 Å². The second kappa shape index (κ2) is 7.06. The van der Waals surface area contributed by atoms with Gasteiger partial charge < -0.3 is 15.6 Å². The van der Waals surface area contributed by atoms with E-state index in [9.17, 15) is 14.4 Å². The zero-order chi connectivity index (χ0) is 16.2. The van der Waals surface area contributed by atoms with Gasteiger partial charge in [0.25, 0.3) is 5.56 Å². The molecule has 0 aliphatic carbocycles. The smallest absolute Gasteiger partial charge is 0.253 e. The number of carbonyl (C=O) groups is 2. The van der Waals surface area contributed by atoms with Crippen LogP contribution >= 0.6 is 0 Å². The Morgan fingerprint density at radius 3 is 2.38 bits per heavy atom. The van der Waals surface area contributed by atoms with Crippen LogP contribution in [0.25, 0.3) is 0 Å². The van der Waals surface area contributed by atoms with Crippen molar-refractivity contribution in [1.82, 2.24) is 15.6 Å². The third kappa shape index (κ3) is 4.73. The Balaban J connectivity index is 2.80. The third-order valence-corrected chi connectivity index (χ3v) is 3.24. The average molecular weight is 293 g/mol. The van der Waals surface area contributed by atoms with Gasteiger partial charge in [0.2, 0.25) is 11.8 Å². The van der Waals surface area contributed by atoms with Gasteiger partial charge in [0.05, 0.1) is 0 Å². The van der Waals surface area contributed by atoms with Crippen LogP contribution in [0.3, 0.4) is 0 Å². The van der Waals surface area contributed by atoms with Crippen molar-refractivity contribution in [2.45, 2.75) is 47.2 Å². The summed E-state index contributed by atoms with van der Waals surface area (Å²) in [5.41, 5.74) is 1.94. The molecular formula is C15H23N3O3. The van der Waals surface area contributed by atoms with E-state index in [1.807, 2.05) is 33.8 Å². The van der Waals surface area contributed by atoms with Gasteiger partial charge in [-0.05, 0) is 31.4 Å². The van der Waals surface area contributed by atoms with E-state index in [0.29, 0.717) is 5.56 Å². The first-order chi connectivity index (χ1) is 9.72. The van der Waals surface area contributed by atoms with Crippen molar-refractivity contribution in [3.8, 4) is 0 Å². The molecule has 1 heterocycles. The van der Waals surface area contributed by atoms with E-state index in [4.69, 9.17) is 0 Å². The van der Waals surface area contributed by atoms with Crippen LogP contribution in [-0.2, 0) is 16.1 Å². The summed E-state index contributed by atoms with van der Waals surface area (Å²) < 4.78 is 0. The Morgan fingerprint density at radius 1 is 1.29 bits per heavy atom. The zero-order valence-corrected chi connectivity index (χ0v) is 13.2. The molecule has 0 aliphatic rings. The predicted molar refractivity (Wildman–Crippen MR) is 80.8 cm³/mol. The van der Waals surface area contributed by atoms with Crippen LogP contribution in [0, 0.1) is 19.8 Å². The van der Waals surface area contributed by atoms with E-state index in [0.717, 1.165) is 11.3 Å². The first-order valence-corrected chi connectivity index (χ1v) is 6.96. The minimum atomic E-state index is -0.604. The van der Waals surface area contributed by atoms with Gasteiger partial charge in [-0.15, -0.1) is 0 Å². The molecule has 0 bridgehead atoms. The molecule has 1 atom stereocenters. The number of hydrogen-bond acceptors (Lipinski definition) is 3. The van der Waals surface area contributed by atoms with Crippen LogP contribution in [0.15, 0.2) is 10.9 Å². The number of carbonyl (C=O) groups excluding carboxylic acids is 2. The lowest BCUT2D eigenvalue weighted by Gasteiger charge is -2.21. The van der Waals surface area contributed by atoms with Crippen molar-refractivity contribution >= 4 is 11.8 Å². The number of rotatable bonds is 5. The van der Waals surface area contributed by atoms with Crippen molar-refractivity contribution in [2.75, 3.05) is 0 Å². The van der Waals surface area contributed by atoms with E-state index in [-0.39, 0.29) is 29.8 Å². The van der Waals surface area contributed by atoms with Crippen LogP contribution < -0.4 is 16.2 Å². The molecule has 0 spiro atoms. The van der Waals surface area contributed by atoms with E-state index in [2.05, 4.69) is 15.6 Å². The average Bonchev–Trinajstić information content (AvgIpc) is 2.33. The number of amides is 2. The molecule has 21 heavy (non-hydrogen) atoms. The highest BCUT2D eigenvalue weighted by atomic mass is 16.2. The van der Waals surface area contributed by atoms with Gasteiger partial charge in [0.1, 0.15) is 6.04 Å². The molecule has 3 N–H and O–H groups in total. The lowest BCUT2D eigenvalue weighted by atomic mass is 10.0. The summed E-state index contributed by atoms with van der Waals surface area (Å²) in [5, 5.41) is 5.33. The molecule has 0 saturated carbocycles. The van der Waals surface area contributed by atoms with Crippen molar-refractivity contribution < 1.29 is 9.59 Å². The lowest BCUT2D eigenvalue weighted by molar-refractivity contribution is -0.129. The topological polar surface area (TPSA) is 91.1 Å². The van der Waals surface area contributed by atoms with E-state index >= 15 is 0 Å². The van der Waals surface area contributed by atoms with Crippen molar-refractivity contribution in [3.63, 3.8) is 0 Å². The molecule has 0 unspecified atom stereocenters. The first-order valence-electron chi connectivity index (χ1n) is 6.96. The second-order valence-corrected chi connectivity index (χ2v) is 5.58. The van der Waals surface area contributed by atoms with Crippen molar-refractivity contribution in [1.29, 1.82) is 0 Å². The van der Waals surface area contributed by atoms with Gasteiger partial charge in [-0.2, -0.15) is 0 Å². The molecule has 0 aromatic carbocycles. The van der Waals surface area contributed by atoms with Crippen LogP contribution in [0.5, 0.6) is 0 Å². The second-order valence-electron chi connectivity index (χ2n) is 5.58. The molecule has 6 heteroatoms. The summed E-state index contributed by atoms with van der Waals surface area (Å²) in [4.78, 5) is 37.9. The fourth-order valence-electron chi connectivity index (χ4n) is 2.14. The number of aryl methyl sites for hydroxylation is 2. The van der Waals surface area contributed by atoms with Crippen molar-refractivity contribution in [2.24, 2.45) is 5.92 Å². The van der Waals surface area contributed by atoms with Crippen LogP contribution in [-0.4, -0.2) is 22.8 Å². The number of hydrogen-bond donors (Lipinski definition) is 3. The molecule has 1 rings (SSSR count). The van der Waals surface area contributed by atoms with Gasteiger partial charge in [-0.3, -0.25) is 14.4 Å². The number of nitrogens with one attached hydrogen (secondary N) is 3. The molecule has 0 radical (unpaired) electrons. The maximum Gasteiger partial charge on any atom is 0.253 e. The maximum absolute atomic E-state index is 12.1. The fourth-order valence-corrected chi connectivity index (χ4v) is 2.14. The SMILES string of the molecule is CC(=O)N[C@@H](C(=O)NCc1c(C)cc(C)[nH]c1=O)C(C)C. The molecule has 0 aliphatic heterocycles. The standard InChI is InChI=1S/C15H23N3O3/c1-8(2)13(18-11(5)19)15(21)16-7-12-9(3)6-10(4)17-14(12)20/h6,8,13H,7H2,1-5H3,(H,16,21)(H,17,20)(H,18,19)/t13-/m1/s1. The highest BCUT2D eigenvalue weighted by Gasteiger charge is 2.23. The van der Waals surface area contributed by atoms with E-state index in [1.165, 1.54) is 6.92 Å². The molecule has 116 valence electrons. The van der Waals surface area contributed by atoms with Gasteiger partial charge in [0.15, 0.2) is 0 Å². The Kier molecular flexibility index (Phi) is 5.69. The highest BCUT2D eigenvalue weighted by molar-refractivity contribution is 5.87. The molecule has 6 nitrogen and oxygen atoms in total. The van der Waals surface area contributed by atoms with E-state index < -0.39 is 6.04 Å². The first kappa shape index (κ1) is 16.9. The summed E-state index contributed by atoms with van der Waals surface area (Å²) in [6.45, 7) is 8.86. The van der Waals surface area contributed by atoms with Crippen LogP contribution in [0.2, 0.25) is 0 Å². The number of aromatic nitrogens is 1. The van der Waals surface area contributed by atoms with Gasteiger partial charge in [-0.1, -0.05) is 13.8 Å². The predicted octanol–water partition coefficient (Wildman–Crippen LogP) is 0.769. The Hall–Kier alpha value is -2.11. The van der Waals surface area contributed by atoms with Crippen LogP contribution in [0.1, 0.15) is 37.6 Å². The highest BCUT2D eigenvalue weighted by Crippen LogP contribution is 2.05. The molecule has 0 saturated heterocycles. The summed E-state index contributed by atoms with van der Waals surface area (Å²) in [6.07, 6.45) is 0. The minimum Gasteiger partial charge on any atom is -0.350 e. The molecule has 1 aromatic rings. The number of H-pyrrole nitrogens is 1. The Labute approximate surface area is 124 Å². The number of aromatic amines is 1. The lowest BCUT2D eigenvalue weighted by Crippen LogP contribution is -2.49. The maximum atomic E-state index is 12.1. The molecule has 0 fully saturated rings. The van der Waals surface area contributed by atoms with Crippen LogP contribution in [0.4, 0.5) is 0 Å². The molecular weight excluding hydrogens is 270 g/mol. The minimum absolute atomic E-state index is 0.0358. The summed E-state index contributed by atoms with van der Waals surface area (Å²) in [6, 6.07) is 1.25. The largest absolute Gasteiger partial charge is 0.350 e. The van der Waals surface area contributed by atoms with Crippen molar-refractivity contribution in [3.05, 3.63) is 33.2 Å². The summed E-state index contributed by atoms with van der Waals surface area (Å²) in [7, 11) is 0. The fraction of sp³-hybridized carbons (Fsp3) is 0.533. The van der Waals surface area contributed by atoms with E-state index in [1.54, 1.807) is 0 Å². The third-order valence-electron chi connectivity index (χ3n) is 3.24. The zero-order valence-electron chi connectivity index (χ0n) is 13.2.